The van der Waals surface area contributed by atoms with Crippen LogP contribution >= 0.6 is 0 Å². The Balaban J connectivity index is 2.37. The van der Waals surface area contributed by atoms with Crippen molar-refractivity contribution in [3.05, 3.63) is 64.2 Å². The van der Waals surface area contributed by atoms with Gasteiger partial charge in [-0.2, -0.15) is 0 Å². The average molecular weight is 264 g/mol. The van der Waals surface area contributed by atoms with Crippen LogP contribution in [0.15, 0.2) is 56.6 Å². The molecule has 18 heavy (non-hydrogen) atoms. The third-order valence-electron chi connectivity index (χ3n) is 2.40. The molecule has 0 amide bonds. The van der Waals surface area contributed by atoms with E-state index in [0.717, 1.165) is 0 Å². The zero-order chi connectivity index (χ0) is 13.2. The summed E-state index contributed by atoms with van der Waals surface area (Å²) >= 11 is 0. The van der Waals surface area contributed by atoms with Gasteiger partial charge in [0.25, 0.3) is 0 Å². The highest BCUT2D eigenvalue weighted by molar-refractivity contribution is 7.90. The van der Waals surface area contributed by atoms with Crippen molar-refractivity contribution in [1.29, 1.82) is 0 Å². The molecule has 2 aromatic rings. The molecule has 0 atom stereocenters. The molecule has 0 saturated heterocycles. The molecule has 0 bridgehead atoms. The van der Waals surface area contributed by atoms with Gasteiger partial charge < -0.3 is 4.42 Å². The van der Waals surface area contributed by atoms with Crippen molar-refractivity contribution in [3.8, 4) is 0 Å². The maximum absolute atomic E-state index is 12.1. The Morgan fingerprint density at radius 2 is 1.78 bits per heavy atom. The predicted molar refractivity (Wildman–Crippen MR) is 67.0 cm³/mol. The van der Waals surface area contributed by atoms with Gasteiger partial charge in [-0.3, -0.25) is 0 Å². The van der Waals surface area contributed by atoms with Crippen LogP contribution in [0.3, 0.4) is 0 Å². The third kappa shape index (κ3) is 2.87. The number of hydrogen-bond acceptors (Lipinski definition) is 4. The third-order valence-corrected chi connectivity index (χ3v) is 4.06. The Labute approximate surface area is 105 Å². The lowest BCUT2D eigenvalue weighted by molar-refractivity contribution is 0.470. The molecule has 1 aromatic carbocycles. The van der Waals surface area contributed by atoms with Gasteiger partial charge in [0.15, 0.2) is 9.84 Å². The summed E-state index contributed by atoms with van der Waals surface area (Å²) in [4.78, 5) is 11.4. The topological polar surface area (TPSA) is 64.3 Å². The van der Waals surface area contributed by atoms with E-state index in [1.54, 1.807) is 31.2 Å². The summed E-state index contributed by atoms with van der Waals surface area (Å²) in [6.07, 6.45) is 0. The average Bonchev–Trinajstić information content (AvgIpc) is 2.28. The van der Waals surface area contributed by atoms with Gasteiger partial charge in [0.2, 0.25) is 0 Å². The van der Waals surface area contributed by atoms with Crippen molar-refractivity contribution >= 4 is 9.84 Å². The highest BCUT2D eigenvalue weighted by Crippen LogP contribution is 2.15. The van der Waals surface area contributed by atoms with Crippen LogP contribution in [-0.2, 0) is 15.6 Å². The van der Waals surface area contributed by atoms with E-state index < -0.39 is 15.5 Å². The molecule has 5 heteroatoms. The van der Waals surface area contributed by atoms with Crippen LogP contribution in [0.25, 0.3) is 0 Å². The molecule has 0 N–H and O–H groups in total. The molecule has 0 aliphatic carbocycles. The second-order valence-electron chi connectivity index (χ2n) is 3.99. The first kappa shape index (κ1) is 12.6. The van der Waals surface area contributed by atoms with E-state index in [1.807, 2.05) is 0 Å². The van der Waals surface area contributed by atoms with Crippen LogP contribution in [-0.4, -0.2) is 8.42 Å². The molecule has 0 saturated carbocycles. The molecule has 0 aliphatic heterocycles. The zero-order valence-electron chi connectivity index (χ0n) is 9.79. The van der Waals surface area contributed by atoms with Crippen LogP contribution in [0.2, 0.25) is 0 Å². The molecule has 0 fully saturated rings. The Kier molecular flexibility index (Phi) is 3.34. The number of rotatable bonds is 3. The van der Waals surface area contributed by atoms with Crippen molar-refractivity contribution in [2.24, 2.45) is 0 Å². The van der Waals surface area contributed by atoms with E-state index in [-0.39, 0.29) is 16.4 Å². The van der Waals surface area contributed by atoms with E-state index in [4.69, 9.17) is 4.42 Å². The molecule has 1 heterocycles. The summed E-state index contributed by atoms with van der Waals surface area (Å²) in [5.74, 6) is -0.155. The summed E-state index contributed by atoms with van der Waals surface area (Å²) < 4.78 is 29.0. The smallest absolute Gasteiger partial charge is 0.336 e. The van der Waals surface area contributed by atoms with Gasteiger partial charge in [0.05, 0.1) is 4.90 Å². The molecule has 0 radical (unpaired) electrons. The Morgan fingerprint density at radius 1 is 1.11 bits per heavy atom. The monoisotopic (exact) mass is 264 g/mol. The first-order valence-electron chi connectivity index (χ1n) is 5.36. The lowest BCUT2D eigenvalue weighted by atomic mass is 10.3. The quantitative estimate of drug-likeness (QED) is 0.849. The number of aryl methyl sites for hydroxylation is 1. The van der Waals surface area contributed by atoms with Crippen LogP contribution in [0, 0.1) is 6.92 Å². The fourth-order valence-corrected chi connectivity index (χ4v) is 2.89. The Hall–Kier alpha value is -1.88. The van der Waals surface area contributed by atoms with Gasteiger partial charge >= 0.3 is 5.63 Å². The van der Waals surface area contributed by atoms with E-state index in [1.165, 1.54) is 18.2 Å². The molecule has 94 valence electrons. The Bertz CT molecular complexity index is 699. The normalized spacial score (nSPS) is 11.4. The summed E-state index contributed by atoms with van der Waals surface area (Å²) in [6, 6.07) is 11.0. The van der Waals surface area contributed by atoms with Crippen LogP contribution in [0.5, 0.6) is 0 Å². The standard InChI is InChI=1S/C13H12O4S/c1-10-7-11(17-13(14)8-10)9-18(15,16)12-5-3-2-4-6-12/h2-8H,9H2,1H3. The maximum Gasteiger partial charge on any atom is 0.336 e. The van der Waals surface area contributed by atoms with Crippen molar-refractivity contribution in [3.63, 3.8) is 0 Å². The minimum atomic E-state index is -3.48. The summed E-state index contributed by atoms with van der Waals surface area (Å²) in [6.45, 7) is 1.72. The number of hydrogen-bond donors (Lipinski definition) is 0. The van der Waals surface area contributed by atoms with Gasteiger partial charge in [-0.1, -0.05) is 18.2 Å². The van der Waals surface area contributed by atoms with Crippen molar-refractivity contribution < 1.29 is 12.8 Å². The summed E-state index contributed by atoms with van der Waals surface area (Å²) in [5.41, 5.74) is 0.151. The van der Waals surface area contributed by atoms with Crippen LogP contribution in [0.4, 0.5) is 0 Å². The molecular formula is C13H12O4S. The molecule has 0 aliphatic rings. The molecule has 0 spiro atoms. The van der Waals surface area contributed by atoms with Crippen molar-refractivity contribution in [2.75, 3.05) is 0 Å². The maximum atomic E-state index is 12.1. The van der Waals surface area contributed by atoms with E-state index in [2.05, 4.69) is 0 Å². The highest BCUT2D eigenvalue weighted by atomic mass is 32.2. The first-order chi connectivity index (χ1) is 8.47. The SMILES string of the molecule is Cc1cc(CS(=O)(=O)c2ccccc2)oc(=O)c1. The number of benzene rings is 1. The fourth-order valence-electron chi connectivity index (χ4n) is 1.64. The summed E-state index contributed by atoms with van der Waals surface area (Å²) in [5, 5.41) is 0. The second kappa shape index (κ2) is 4.78. The van der Waals surface area contributed by atoms with Gasteiger partial charge in [-0.25, -0.2) is 13.2 Å². The molecule has 4 nitrogen and oxygen atoms in total. The van der Waals surface area contributed by atoms with E-state index in [9.17, 15) is 13.2 Å². The lowest BCUT2D eigenvalue weighted by Gasteiger charge is -2.03. The van der Waals surface area contributed by atoms with E-state index in [0.29, 0.717) is 5.56 Å². The number of sulfone groups is 1. The minimum absolute atomic E-state index is 0.156. The van der Waals surface area contributed by atoms with Crippen molar-refractivity contribution in [1.82, 2.24) is 0 Å². The predicted octanol–water partition coefficient (Wildman–Crippen LogP) is 1.92. The Morgan fingerprint density at radius 3 is 2.39 bits per heavy atom. The van der Waals surface area contributed by atoms with Crippen LogP contribution in [0.1, 0.15) is 11.3 Å². The molecule has 0 unspecified atom stereocenters. The van der Waals surface area contributed by atoms with Gasteiger partial charge in [-0.05, 0) is 30.7 Å². The fraction of sp³-hybridized carbons (Fsp3) is 0.154. The van der Waals surface area contributed by atoms with Gasteiger partial charge in [-0.15, -0.1) is 0 Å². The van der Waals surface area contributed by atoms with E-state index >= 15 is 0 Å². The highest BCUT2D eigenvalue weighted by Gasteiger charge is 2.16. The molecule has 1 aromatic heterocycles. The lowest BCUT2D eigenvalue weighted by Crippen LogP contribution is -2.08. The largest absolute Gasteiger partial charge is 0.427 e. The van der Waals surface area contributed by atoms with Crippen molar-refractivity contribution in [2.45, 2.75) is 17.6 Å². The zero-order valence-corrected chi connectivity index (χ0v) is 10.6. The summed E-state index contributed by atoms with van der Waals surface area (Å²) in [7, 11) is -3.48. The van der Waals surface area contributed by atoms with Gasteiger partial charge in [0, 0.05) is 6.07 Å². The molecule has 2 rings (SSSR count). The second-order valence-corrected chi connectivity index (χ2v) is 5.98. The van der Waals surface area contributed by atoms with Crippen LogP contribution < -0.4 is 5.63 Å². The molecular weight excluding hydrogens is 252 g/mol. The van der Waals surface area contributed by atoms with Gasteiger partial charge in [0.1, 0.15) is 11.5 Å². The first-order valence-corrected chi connectivity index (χ1v) is 7.01. The minimum Gasteiger partial charge on any atom is -0.427 e.